The third-order valence-electron chi connectivity index (χ3n) is 3.66. The van der Waals surface area contributed by atoms with Crippen molar-refractivity contribution in [3.05, 3.63) is 18.3 Å². The summed E-state index contributed by atoms with van der Waals surface area (Å²) >= 11 is 0. The van der Waals surface area contributed by atoms with Gasteiger partial charge in [-0.2, -0.15) is 0 Å². The van der Waals surface area contributed by atoms with Crippen molar-refractivity contribution in [3.63, 3.8) is 0 Å². The topological polar surface area (TPSA) is 57.3 Å². The highest BCUT2D eigenvalue weighted by Gasteiger charge is 2.16. The zero-order chi connectivity index (χ0) is 15.2. The monoisotopic (exact) mass is 290 g/mol. The molecule has 0 spiro atoms. The summed E-state index contributed by atoms with van der Waals surface area (Å²) in [6.45, 7) is 9.65. The average Bonchev–Trinajstić information content (AvgIpc) is 2.45. The lowest BCUT2D eigenvalue weighted by atomic mass is 9.99. The van der Waals surface area contributed by atoms with Crippen LogP contribution in [0.2, 0.25) is 0 Å². The van der Waals surface area contributed by atoms with E-state index in [0.29, 0.717) is 19.0 Å². The van der Waals surface area contributed by atoms with Gasteiger partial charge >= 0.3 is 0 Å². The van der Waals surface area contributed by atoms with Crippen LogP contribution in [0.4, 0.5) is 11.5 Å². The molecule has 1 aliphatic rings. The highest BCUT2D eigenvalue weighted by molar-refractivity contribution is 5.82. The van der Waals surface area contributed by atoms with E-state index in [-0.39, 0.29) is 5.91 Å². The maximum absolute atomic E-state index is 11.4. The highest BCUT2D eigenvalue weighted by atomic mass is 16.2. The number of pyridine rings is 1. The minimum Gasteiger partial charge on any atom is -0.370 e. The first-order valence-corrected chi connectivity index (χ1v) is 7.76. The molecule has 1 aromatic heterocycles. The minimum atomic E-state index is 0.0750. The Balaban J connectivity index is 1.85. The van der Waals surface area contributed by atoms with Crippen LogP contribution in [0, 0.1) is 11.8 Å². The molecule has 0 radical (unpaired) electrons. The number of hydrogen-bond donors (Lipinski definition) is 2. The summed E-state index contributed by atoms with van der Waals surface area (Å²) in [5.74, 6) is 2.33. The lowest BCUT2D eigenvalue weighted by Crippen LogP contribution is -2.47. The number of amides is 1. The fraction of sp³-hybridized carbons (Fsp3) is 0.625. The van der Waals surface area contributed by atoms with Gasteiger partial charge in [-0.05, 0) is 30.4 Å². The van der Waals surface area contributed by atoms with Crippen molar-refractivity contribution in [3.8, 4) is 0 Å². The Bertz CT molecular complexity index is 458. The summed E-state index contributed by atoms with van der Waals surface area (Å²) in [6, 6.07) is 4.02. The van der Waals surface area contributed by atoms with E-state index in [1.54, 1.807) is 0 Å². The van der Waals surface area contributed by atoms with E-state index in [1.165, 1.54) is 6.42 Å². The lowest BCUT2D eigenvalue weighted by Gasteiger charge is -2.28. The molecule has 2 N–H and O–H groups in total. The minimum absolute atomic E-state index is 0.0750. The molecular formula is C16H26N4O. The zero-order valence-corrected chi connectivity index (χ0v) is 13.2. The van der Waals surface area contributed by atoms with Crippen LogP contribution in [0.5, 0.6) is 0 Å². The number of anilines is 2. The van der Waals surface area contributed by atoms with Gasteiger partial charge in [0, 0.05) is 19.6 Å². The maximum atomic E-state index is 11.4. The van der Waals surface area contributed by atoms with E-state index in [0.717, 1.165) is 30.5 Å². The molecule has 2 rings (SSSR count). The van der Waals surface area contributed by atoms with Gasteiger partial charge in [0.25, 0.3) is 0 Å². The molecule has 1 saturated heterocycles. The van der Waals surface area contributed by atoms with Crippen LogP contribution in [0.3, 0.4) is 0 Å². The number of aromatic nitrogens is 1. The van der Waals surface area contributed by atoms with Gasteiger partial charge < -0.3 is 15.5 Å². The lowest BCUT2D eigenvalue weighted by molar-refractivity contribution is -0.120. The Morgan fingerprint density at radius 3 is 2.81 bits per heavy atom. The third-order valence-corrected chi connectivity index (χ3v) is 3.66. The number of carbonyl (C=O) groups is 1. The van der Waals surface area contributed by atoms with Crippen molar-refractivity contribution in [2.45, 2.75) is 27.2 Å². The van der Waals surface area contributed by atoms with Crippen LogP contribution in [0.15, 0.2) is 18.3 Å². The fourth-order valence-electron chi connectivity index (χ4n) is 2.70. The molecule has 1 atom stereocenters. The van der Waals surface area contributed by atoms with E-state index in [9.17, 15) is 4.79 Å². The second kappa shape index (κ2) is 7.29. The predicted molar refractivity (Wildman–Crippen MR) is 86.6 cm³/mol. The van der Waals surface area contributed by atoms with E-state index in [1.807, 2.05) is 18.3 Å². The van der Waals surface area contributed by atoms with Gasteiger partial charge in [0.05, 0.1) is 18.4 Å². The standard InChI is InChI=1S/C16H26N4O/c1-12(2)8-13(3)9-18-15-5-4-14(10-19-15)20-7-6-17-16(21)11-20/h4-5,10,12-13H,6-9,11H2,1-3H3,(H,17,21)(H,18,19). The first-order chi connectivity index (χ1) is 10.0. The van der Waals surface area contributed by atoms with Gasteiger partial charge in [-0.3, -0.25) is 4.79 Å². The normalized spacial score (nSPS) is 16.8. The maximum Gasteiger partial charge on any atom is 0.239 e. The van der Waals surface area contributed by atoms with Crippen molar-refractivity contribution in [1.82, 2.24) is 10.3 Å². The quantitative estimate of drug-likeness (QED) is 0.842. The Hall–Kier alpha value is -1.78. The number of hydrogen-bond acceptors (Lipinski definition) is 4. The van der Waals surface area contributed by atoms with E-state index in [4.69, 9.17) is 0 Å². The van der Waals surface area contributed by atoms with Crippen LogP contribution in [-0.2, 0) is 4.79 Å². The Labute approximate surface area is 127 Å². The van der Waals surface area contributed by atoms with Crippen LogP contribution in [-0.4, -0.2) is 37.1 Å². The fourth-order valence-corrected chi connectivity index (χ4v) is 2.70. The molecule has 5 heteroatoms. The molecule has 1 unspecified atom stereocenters. The van der Waals surface area contributed by atoms with Gasteiger partial charge in [-0.25, -0.2) is 4.98 Å². The van der Waals surface area contributed by atoms with Crippen LogP contribution >= 0.6 is 0 Å². The number of rotatable bonds is 6. The van der Waals surface area contributed by atoms with E-state index in [2.05, 4.69) is 41.3 Å². The molecule has 1 fully saturated rings. The first-order valence-electron chi connectivity index (χ1n) is 7.76. The summed E-state index contributed by atoms with van der Waals surface area (Å²) in [4.78, 5) is 17.9. The largest absolute Gasteiger partial charge is 0.370 e. The molecule has 116 valence electrons. The number of nitrogens with one attached hydrogen (secondary N) is 2. The molecule has 0 saturated carbocycles. The molecule has 1 aliphatic heterocycles. The Kier molecular flexibility index (Phi) is 5.42. The second-order valence-electron chi connectivity index (χ2n) is 6.29. The van der Waals surface area contributed by atoms with Gasteiger partial charge in [0.2, 0.25) is 5.91 Å². The molecule has 1 aromatic rings. The molecule has 0 aliphatic carbocycles. The van der Waals surface area contributed by atoms with Gasteiger partial charge in [0.1, 0.15) is 5.82 Å². The molecule has 2 heterocycles. The van der Waals surface area contributed by atoms with Gasteiger partial charge in [-0.15, -0.1) is 0 Å². The summed E-state index contributed by atoms with van der Waals surface area (Å²) in [7, 11) is 0. The van der Waals surface area contributed by atoms with Crippen LogP contribution in [0.1, 0.15) is 27.2 Å². The SMILES string of the molecule is CC(C)CC(C)CNc1ccc(N2CCNC(=O)C2)cn1. The Morgan fingerprint density at radius 2 is 2.19 bits per heavy atom. The van der Waals surface area contributed by atoms with Crippen molar-refractivity contribution in [2.75, 3.05) is 36.4 Å². The first kappa shape index (κ1) is 15.6. The summed E-state index contributed by atoms with van der Waals surface area (Å²) < 4.78 is 0. The van der Waals surface area contributed by atoms with Crippen molar-refractivity contribution < 1.29 is 4.79 Å². The number of carbonyl (C=O) groups excluding carboxylic acids is 1. The molecule has 21 heavy (non-hydrogen) atoms. The molecule has 0 bridgehead atoms. The zero-order valence-electron chi connectivity index (χ0n) is 13.2. The summed E-state index contributed by atoms with van der Waals surface area (Å²) in [5, 5.41) is 6.21. The number of nitrogens with zero attached hydrogens (tertiary/aromatic N) is 2. The molecule has 1 amide bonds. The Morgan fingerprint density at radius 1 is 1.38 bits per heavy atom. The molecular weight excluding hydrogens is 264 g/mol. The predicted octanol–water partition coefficient (Wildman–Crippen LogP) is 2.11. The van der Waals surface area contributed by atoms with Gasteiger partial charge in [-0.1, -0.05) is 20.8 Å². The van der Waals surface area contributed by atoms with Crippen molar-refractivity contribution in [2.24, 2.45) is 11.8 Å². The summed E-state index contributed by atoms with van der Waals surface area (Å²) in [6.07, 6.45) is 3.06. The average molecular weight is 290 g/mol. The molecule has 0 aromatic carbocycles. The summed E-state index contributed by atoms with van der Waals surface area (Å²) in [5.41, 5.74) is 1.01. The van der Waals surface area contributed by atoms with Gasteiger partial charge in [0.15, 0.2) is 0 Å². The van der Waals surface area contributed by atoms with Crippen molar-refractivity contribution >= 4 is 17.4 Å². The van der Waals surface area contributed by atoms with Crippen LogP contribution < -0.4 is 15.5 Å². The molecule has 5 nitrogen and oxygen atoms in total. The number of piperazine rings is 1. The van der Waals surface area contributed by atoms with E-state index < -0.39 is 0 Å². The van der Waals surface area contributed by atoms with E-state index >= 15 is 0 Å². The van der Waals surface area contributed by atoms with Crippen LogP contribution in [0.25, 0.3) is 0 Å². The third kappa shape index (κ3) is 4.92. The highest BCUT2D eigenvalue weighted by Crippen LogP contribution is 2.17. The van der Waals surface area contributed by atoms with Crippen molar-refractivity contribution in [1.29, 1.82) is 0 Å². The second-order valence-corrected chi connectivity index (χ2v) is 6.29. The smallest absolute Gasteiger partial charge is 0.239 e.